The van der Waals surface area contributed by atoms with Crippen LogP contribution >= 0.6 is 22.6 Å². The Morgan fingerprint density at radius 1 is 1.30 bits per heavy atom. The maximum absolute atomic E-state index is 2.50. The summed E-state index contributed by atoms with van der Waals surface area (Å²) in [5.74, 6) is 1.69. The van der Waals surface area contributed by atoms with E-state index in [1.165, 1.54) is 12.8 Å². The first-order valence-corrected chi connectivity index (χ1v) is 5.27. The molecule has 0 aliphatic heterocycles. The number of hydrogen-bond acceptors (Lipinski definition) is 0. The van der Waals surface area contributed by atoms with Gasteiger partial charge in [0.15, 0.2) is 0 Å². The Bertz CT molecular complexity index is 127. The first-order chi connectivity index (χ1) is 4.70. The molecule has 0 bridgehead atoms. The molecule has 0 aromatic carbocycles. The Kier molecular flexibility index (Phi) is 3.21. The second-order valence-corrected chi connectivity index (χ2v) is 4.99. The van der Waals surface area contributed by atoms with Gasteiger partial charge in [-0.05, 0) is 24.7 Å². The largest absolute Gasteiger partial charge is 0.0841 e. The third-order valence-electron chi connectivity index (χ3n) is 2.20. The maximum Gasteiger partial charge on any atom is 0.0289 e. The van der Waals surface area contributed by atoms with Gasteiger partial charge in [-0.15, -0.1) is 0 Å². The van der Waals surface area contributed by atoms with E-state index in [1.54, 1.807) is 0 Å². The minimum Gasteiger partial charge on any atom is -0.0841 e. The molecule has 1 rings (SSSR count). The lowest BCUT2D eigenvalue weighted by Crippen LogP contribution is -2.12. The van der Waals surface area contributed by atoms with Gasteiger partial charge in [-0.3, -0.25) is 0 Å². The van der Waals surface area contributed by atoms with Gasteiger partial charge in [0.25, 0.3) is 0 Å². The van der Waals surface area contributed by atoms with Gasteiger partial charge in [0.1, 0.15) is 0 Å². The molecule has 1 aliphatic carbocycles. The standard InChI is InChI=1S/C9H15I/c1-7(2)8-3-5-9(10)6-4-8/h3,5,7-9H,4,6H2,1-2H3/t8?,9-/m1/s1. The fourth-order valence-corrected chi connectivity index (χ4v) is 1.96. The van der Waals surface area contributed by atoms with Crippen LogP contribution in [0.3, 0.4) is 0 Å². The summed E-state index contributed by atoms with van der Waals surface area (Å²) >= 11 is 2.50. The van der Waals surface area contributed by atoms with Gasteiger partial charge in [0.05, 0.1) is 0 Å². The van der Waals surface area contributed by atoms with E-state index in [1.807, 2.05) is 0 Å². The van der Waals surface area contributed by atoms with E-state index < -0.39 is 0 Å². The zero-order valence-corrected chi connectivity index (χ0v) is 8.84. The molecule has 0 radical (unpaired) electrons. The lowest BCUT2D eigenvalue weighted by Gasteiger charge is -2.22. The summed E-state index contributed by atoms with van der Waals surface area (Å²) in [5.41, 5.74) is 0. The molecule has 0 saturated carbocycles. The summed E-state index contributed by atoms with van der Waals surface area (Å²) in [4.78, 5) is 0. The summed E-state index contributed by atoms with van der Waals surface area (Å²) in [6.07, 6.45) is 7.52. The van der Waals surface area contributed by atoms with Crippen molar-refractivity contribution < 1.29 is 0 Å². The molecular formula is C9H15I. The Hall–Kier alpha value is 0.470. The van der Waals surface area contributed by atoms with E-state index in [-0.39, 0.29) is 0 Å². The van der Waals surface area contributed by atoms with Crippen molar-refractivity contribution in [3.05, 3.63) is 12.2 Å². The van der Waals surface area contributed by atoms with Crippen LogP contribution in [0.2, 0.25) is 0 Å². The van der Waals surface area contributed by atoms with Crippen LogP contribution in [-0.2, 0) is 0 Å². The molecule has 1 aliphatic rings. The minimum absolute atomic E-state index is 0.799. The summed E-state index contributed by atoms with van der Waals surface area (Å²) in [6, 6.07) is 0. The smallest absolute Gasteiger partial charge is 0.0289 e. The Morgan fingerprint density at radius 2 is 2.00 bits per heavy atom. The lowest BCUT2D eigenvalue weighted by atomic mass is 9.87. The van der Waals surface area contributed by atoms with E-state index in [4.69, 9.17) is 0 Å². The first-order valence-electron chi connectivity index (χ1n) is 4.02. The third kappa shape index (κ3) is 2.26. The molecular weight excluding hydrogens is 235 g/mol. The lowest BCUT2D eigenvalue weighted by molar-refractivity contribution is 0.417. The van der Waals surface area contributed by atoms with Gasteiger partial charge in [-0.1, -0.05) is 48.6 Å². The highest BCUT2D eigenvalue weighted by Gasteiger charge is 2.15. The quantitative estimate of drug-likeness (QED) is 0.380. The Balaban J connectivity index is 2.45. The summed E-state index contributed by atoms with van der Waals surface area (Å²) in [5, 5.41) is 0. The minimum atomic E-state index is 0.799. The highest BCUT2D eigenvalue weighted by molar-refractivity contribution is 14.1. The molecule has 0 heterocycles. The van der Waals surface area contributed by atoms with Gasteiger partial charge in [0.2, 0.25) is 0 Å². The molecule has 1 unspecified atom stereocenters. The molecule has 0 nitrogen and oxygen atoms in total. The van der Waals surface area contributed by atoms with Crippen molar-refractivity contribution >= 4 is 22.6 Å². The van der Waals surface area contributed by atoms with Crippen molar-refractivity contribution in [2.24, 2.45) is 11.8 Å². The molecule has 58 valence electrons. The summed E-state index contributed by atoms with van der Waals surface area (Å²) in [6.45, 7) is 4.62. The molecule has 10 heavy (non-hydrogen) atoms. The predicted molar refractivity (Wildman–Crippen MR) is 54.5 cm³/mol. The number of rotatable bonds is 1. The fourth-order valence-electron chi connectivity index (χ4n) is 1.36. The molecule has 0 aromatic heterocycles. The first kappa shape index (κ1) is 8.57. The van der Waals surface area contributed by atoms with Crippen LogP contribution in [-0.4, -0.2) is 3.92 Å². The Morgan fingerprint density at radius 3 is 2.40 bits per heavy atom. The number of allylic oxidation sites excluding steroid dienone is 2. The van der Waals surface area contributed by atoms with E-state index >= 15 is 0 Å². The van der Waals surface area contributed by atoms with Crippen LogP contribution in [0.15, 0.2) is 12.2 Å². The zero-order chi connectivity index (χ0) is 7.56. The molecule has 0 N–H and O–H groups in total. The summed E-state index contributed by atoms with van der Waals surface area (Å²) < 4.78 is 0.799. The van der Waals surface area contributed by atoms with E-state index in [0.29, 0.717) is 0 Å². The van der Waals surface area contributed by atoms with Gasteiger partial charge in [-0.2, -0.15) is 0 Å². The molecule has 0 spiro atoms. The SMILES string of the molecule is CC(C)C1C=C[C@@H](I)CC1. The highest BCUT2D eigenvalue weighted by Crippen LogP contribution is 2.27. The van der Waals surface area contributed by atoms with Gasteiger partial charge < -0.3 is 0 Å². The zero-order valence-electron chi connectivity index (χ0n) is 6.68. The molecule has 0 fully saturated rings. The van der Waals surface area contributed by atoms with Crippen molar-refractivity contribution in [3.8, 4) is 0 Å². The second-order valence-electron chi connectivity index (χ2n) is 3.39. The van der Waals surface area contributed by atoms with Crippen LogP contribution in [0, 0.1) is 11.8 Å². The number of hydrogen-bond donors (Lipinski definition) is 0. The van der Waals surface area contributed by atoms with Crippen LogP contribution in [0.4, 0.5) is 0 Å². The van der Waals surface area contributed by atoms with Crippen LogP contribution in [0.1, 0.15) is 26.7 Å². The molecule has 1 heteroatoms. The van der Waals surface area contributed by atoms with Gasteiger partial charge in [0, 0.05) is 3.92 Å². The van der Waals surface area contributed by atoms with Crippen molar-refractivity contribution in [3.63, 3.8) is 0 Å². The van der Waals surface area contributed by atoms with E-state index in [2.05, 4.69) is 48.6 Å². The maximum atomic E-state index is 2.50. The van der Waals surface area contributed by atoms with Crippen molar-refractivity contribution in [1.82, 2.24) is 0 Å². The molecule has 0 aromatic rings. The van der Waals surface area contributed by atoms with Gasteiger partial charge in [-0.25, -0.2) is 0 Å². The van der Waals surface area contributed by atoms with Crippen molar-refractivity contribution in [1.29, 1.82) is 0 Å². The molecule has 0 amide bonds. The predicted octanol–water partition coefficient (Wildman–Crippen LogP) is 3.41. The van der Waals surface area contributed by atoms with E-state index in [0.717, 1.165) is 15.8 Å². The monoisotopic (exact) mass is 250 g/mol. The van der Waals surface area contributed by atoms with Gasteiger partial charge >= 0.3 is 0 Å². The average molecular weight is 250 g/mol. The molecule has 0 saturated heterocycles. The average Bonchev–Trinajstić information content (AvgIpc) is 1.88. The Labute approximate surface area is 77.2 Å². The van der Waals surface area contributed by atoms with Crippen molar-refractivity contribution in [2.75, 3.05) is 0 Å². The van der Waals surface area contributed by atoms with Crippen molar-refractivity contribution in [2.45, 2.75) is 30.6 Å². The number of alkyl halides is 1. The summed E-state index contributed by atoms with van der Waals surface area (Å²) in [7, 11) is 0. The fraction of sp³-hybridized carbons (Fsp3) is 0.778. The topological polar surface area (TPSA) is 0 Å². The molecule has 2 atom stereocenters. The normalized spacial score (nSPS) is 33.2. The van der Waals surface area contributed by atoms with Crippen LogP contribution in [0.25, 0.3) is 0 Å². The van der Waals surface area contributed by atoms with E-state index in [9.17, 15) is 0 Å². The van der Waals surface area contributed by atoms with Crippen LogP contribution in [0.5, 0.6) is 0 Å². The number of halogens is 1. The third-order valence-corrected chi connectivity index (χ3v) is 3.24. The highest BCUT2D eigenvalue weighted by atomic mass is 127. The van der Waals surface area contributed by atoms with Crippen LogP contribution < -0.4 is 0 Å². The second kappa shape index (κ2) is 3.74.